The molecule has 2 fully saturated rings. The van der Waals surface area contributed by atoms with E-state index in [1.165, 1.54) is 12.8 Å². The largest absolute Gasteiger partial charge is 0.486 e. The van der Waals surface area contributed by atoms with Gasteiger partial charge in [-0.25, -0.2) is 4.98 Å². The van der Waals surface area contributed by atoms with Gasteiger partial charge in [-0.15, -0.1) is 0 Å². The van der Waals surface area contributed by atoms with Crippen molar-refractivity contribution in [3.05, 3.63) is 39.9 Å². The molecule has 1 unspecified atom stereocenters. The number of aliphatic hydroxyl groups excluding tert-OH is 1. The summed E-state index contributed by atoms with van der Waals surface area (Å²) in [4.78, 5) is 9.11. The summed E-state index contributed by atoms with van der Waals surface area (Å²) in [6.45, 7) is 5.23. The lowest BCUT2D eigenvalue weighted by molar-refractivity contribution is 0.101. The Labute approximate surface area is 198 Å². The lowest BCUT2D eigenvalue weighted by atomic mass is 9.80. The zero-order valence-electron chi connectivity index (χ0n) is 17.9. The Morgan fingerprint density at radius 1 is 1.19 bits per heavy atom. The van der Waals surface area contributed by atoms with E-state index < -0.39 is 0 Å². The predicted octanol–water partition coefficient (Wildman–Crippen LogP) is 2.98. The highest BCUT2D eigenvalue weighted by molar-refractivity contribution is 6.35. The first-order chi connectivity index (χ1) is 15.5. The molecule has 32 heavy (non-hydrogen) atoms. The number of benzene rings is 1. The van der Waals surface area contributed by atoms with E-state index in [1.807, 2.05) is 12.1 Å². The molecule has 10 heteroatoms. The van der Waals surface area contributed by atoms with Gasteiger partial charge in [0.2, 0.25) is 0 Å². The van der Waals surface area contributed by atoms with Crippen LogP contribution in [0.1, 0.15) is 18.4 Å². The topological polar surface area (TPSA) is 113 Å². The van der Waals surface area contributed by atoms with E-state index in [0.29, 0.717) is 33.3 Å². The third-order valence-corrected chi connectivity index (χ3v) is 6.99. The number of nitrogens with zero attached hydrogens (tertiary/aromatic N) is 3. The van der Waals surface area contributed by atoms with Crippen LogP contribution in [0.4, 0.5) is 17.3 Å². The number of nitrogens with two attached hydrogens (primary N) is 2. The second kappa shape index (κ2) is 10.3. The maximum atomic E-state index is 9.23. The number of aromatic nitrogens is 1. The van der Waals surface area contributed by atoms with Gasteiger partial charge in [0.05, 0.1) is 6.61 Å². The predicted molar refractivity (Wildman–Crippen MR) is 129 cm³/mol. The van der Waals surface area contributed by atoms with Crippen molar-refractivity contribution in [2.24, 2.45) is 17.7 Å². The number of nitrogen functional groups attached to an aromatic ring is 2. The summed E-state index contributed by atoms with van der Waals surface area (Å²) in [6, 6.07) is 7.15. The van der Waals surface area contributed by atoms with Crippen molar-refractivity contribution in [1.29, 1.82) is 0 Å². The number of β-amino-alcohol motifs (C(OH)–C–C–N with tert-alkyl or cyclic N) is 1. The van der Waals surface area contributed by atoms with Gasteiger partial charge in [0.15, 0.2) is 11.6 Å². The average Bonchev–Trinajstić information content (AvgIpc) is 2.72. The number of ether oxygens (including phenoxy) is 1. The lowest BCUT2D eigenvalue weighted by Gasteiger charge is -2.47. The van der Waals surface area contributed by atoms with E-state index in [2.05, 4.69) is 20.2 Å². The first-order valence-corrected chi connectivity index (χ1v) is 11.7. The van der Waals surface area contributed by atoms with E-state index in [9.17, 15) is 5.11 Å². The fourth-order valence-electron chi connectivity index (χ4n) is 4.56. The third-order valence-electron chi connectivity index (χ3n) is 6.40. The summed E-state index contributed by atoms with van der Waals surface area (Å²) in [5.74, 6) is 8.52. The second-order valence-electron chi connectivity index (χ2n) is 8.50. The standard InChI is InChI=1S/C22H30Cl2N6O2/c23-17-4-3-15(18(24)8-17)13-32-19-9-20(27-22(25)21(19)28-26)30-11-16(12-30)14-2-1-5-29(10-14)6-7-31/h3-4,8-9,14,16,28,31H,1-2,5-7,10-13,26H2,(H2,25,27). The number of aliphatic hydroxyl groups is 1. The maximum absolute atomic E-state index is 9.23. The zero-order chi connectivity index (χ0) is 22.7. The Bertz CT molecular complexity index is 939. The van der Waals surface area contributed by atoms with E-state index >= 15 is 0 Å². The van der Waals surface area contributed by atoms with Gasteiger partial charge in [-0.3, -0.25) is 5.84 Å². The first kappa shape index (κ1) is 23.2. The Kier molecular flexibility index (Phi) is 7.48. The Balaban J connectivity index is 1.42. The van der Waals surface area contributed by atoms with E-state index in [4.69, 9.17) is 39.5 Å². The van der Waals surface area contributed by atoms with Crippen LogP contribution in [-0.2, 0) is 6.61 Å². The molecule has 6 N–H and O–H groups in total. The fourth-order valence-corrected chi connectivity index (χ4v) is 5.02. The second-order valence-corrected chi connectivity index (χ2v) is 9.34. The lowest BCUT2D eigenvalue weighted by Crippen LogP contribution is -2.54. The number of halogens is 2. The summed E-state index contributed by atoms with van der Waals surface area (Å²) in [5.41, 5.74) is 10.0. The summed E-state index contributed by atoms with van der Waals surface area (Å²) in [7, 11) is 0. The maximum Gasteiger partial charge on any atom is 0.154 e. The normalized spacial score (nSPS) is 19.6. The van der Waals surface area contributed by atoms with Gasteiger partial charge in [-0.05, 0) is 43.4 Å². The molecule has 0 radical (unpaired) electrons. The summed E-state index contributed by atoms with van der Waals surface area (Å²) in [6.07, 6.45) is 2.43. The highest BCUT2D eigenvalue weighted by atomic mass is 35.5. The molecule has 2 aliphatic heterocycles. The van der Waals surface area contributed by atoms with Crippen LogP contribution >= 0.6 is 23.2 Å². The molecule has 174 valence electrons. The molecule has 2 aromatic rings. The Morgan fingerprint density at radius 3 is 2.72 bits per heavy atom. The monoisotopic (exact) mass is 480 g/mol. The molecule has 3 heterocycles. The number of hydrogen-bond acceptors (Lipinski definition) is 8. The quantitative estimate of drug-likeness (QED) is 0.336. The van der Waals surface area contributed by atoms with Crippen LogP contribution in [0.15, 0.2) is 24.3 Å². The van der Waals surface area contributed by atoms with Crippen molar-refractivity contribution >= 4 is 40.5 Å². The summed E-state index contributed by atoms with van der Waals surface area (Å²) in [5, 5.41) is 10.3. The zero-order valence-corrected chi connectivity index (χ0v) is 19.4. The minimum absolute atomic E-state index is 0.220. The summed E-state index contributed by atoms with van der Waals surface area (Å²) < 4.78 is 6.01. The molecule has 2 aliphatic rings. The van der Waals surface area contributed by atoms with Crippen molar-refractivity contribution in [2.75, 3.05) is 55.4 Å². The van der Waals surface area contributed by atoms with Crippen LogP contribution in [0.5, 0.6) is 5.75 Å². The minimum atomic E-state index is 0.220. The van der Waals surface area contributed by atoms with Crippen molar-refractivity contribution in [2.45, 2.75) is 19.4 Å². The molecule has 8 nitrogen and oxygen atoms in total. The molecule has 0 bridgehead atoms. The van der Waals surface area contributed by atoms with E-state index in [1.54, 1.807) is 12.1 Å². The van der Waals surface area contributed by atoms with Crippen molar-refractivity contribution in [3.8, 4) is 5.75 Å². The Hall–Kier alpha value is -1.97. The summed E-state index contributed by atoms with van der Waals surface area (Å²) >= 11 is 12.2. The molecule has 2 saturated heterocycles. The molecule has 1 aromatic carbocycles. The first-order valence-electron chi connectivity index (χ1n) is 10.9. The van der Waals surface area contributed by atoms with E-state index in [-0.39, 0.29) is 19.0 Å². The van der Waals surface area contributed by atoms with E-state index in [0.717, 1.165) is 44.1 Å². The number of rotatable bonds is 8. The number of anilines is 3. The fraction of sp³-hybridized carbons (Fsp3) is 0.500. The van der Waals surface area contributed by atoms with Gasteiger partial charge < -0.3 is 30.8 Å². The van der Waals surface area contributed by atoms with Crippen LogP contribution in [-0.4, -0.2) is 54.3 Å². The van der Waals surface area contributed by atoms with Crippen molar-refractivity contribution < 1.29 is 9.84 Å². The average molecular weight is 481 g/mol. The molecule has 0 amide bonds. The van der Waals surface area contributed by atoms with Crippen molar-refractivity contribution in [1.82, 2.24) is 9.88 Å². The van der Waals surface area contributed by atoms with Gasteiger partial charge in [0.1, 0.15) is 18.1 Å². The van der Waals surface area contributed by atoms with Crippen molar-refractivity contribution in [3.63, 3.8) is 0 Å². The Morgan fingerprint density at radius 2 is 2.00 bits per heavy atom. The highest BCUT2D eigenvalue weighted by Crippen LogP contribution is 2.38. The van der Waals surface area contributed by atoms with Gasteiger partial charge in [0.25, 0.3) is 0 Å². The molecular weight excluding hydrogens is 451 g/mol. The number of pyridine rings is 1. The van der Waals surface area contributed by atoms with Crippen LogP contribution in [0.25, 0.3) is 0 Å². The molecule has 1 aromatic heterocycles. The highest BCUT2D eigenvalue weighted by Gasteiger charge is 2.36. The molecule has 0 spiro atoms. The molecule has 1 atom stereocenters. The number of nitrogens with one attached hydrogen (secondary N) is 1. The van der Waals surface area contributed by atoms with Crippen LogP contribution in [0.3, 0.4) is 0 Å². The van der Waals surface area contributed by atoms with Gasteiger partial charge in [-0.1, -0.05) is 29.3 Å². The smallest absolute Gasteiger partial charge is 0.154 e. The molecular formula is C22H30Cl2N6O2. The number of piperidine rings is 1. The van der Waals surface area contributed by atoms with Crippen LogP contribution < -0.4 is 26.6 Å². The number of hydrazine groups is 1. The molecule has 0 saturated carbocycles. The number of likely N-dealkylation sites (tertiary alicyclic amines) is 1. The van der Waals surface area contributed by atoms with Gasteiger partial charge in [0, 0.05) is 47.9 Å². The molecule has 4 rings (SSSR count). The third kappa shape index (κ3) is 5.15. The van der Waals surface area contributed by atoms with Crippen LogP contribution in [0.2, 0.25) is 10.0 Å². The molecule has 0 aliphatic carbocycles. The van der Waals surface area contributed by atoms with Crippen LogP contribution in [0, 0.1) is 11.8 Å². The number of hydrogen-bond donors (Lipinski definition) is 4. The SMILES string of the molecule is NNc1c(OCc2ccc(Cl)cc2Cl)cc(N2CC(C3CCCN(CCO)C3)C2)nc1N. The minimum Gasteiger partial charge on any atom is -0.486 e. The van der Waals surface area contributed by atoms with Gasteiger partial charge in [-0.2, -0.15) is 0 Å². The van der Waals surface area contributed by atoms with Gasteiger partial charge >= 0.3 is 0 Å².